The zero-order chi connectivity index (χ0) is 13.2. The van der Waals surface area contributed by atoms with Crippen LogP contribution in [0.2, 0.25) is 10.0 Å². The van der Waals surface area contributed by atoms with Crippen molar-refractivity contribution in [1.29, 1.82) is 0 Å². The van der Waals surface area contributed by atoms with Crippen LogP contribution in [0.4, 0.5) is 11.6 Å². The molecule has 4 nitrogen and oxygen atoms in total. The molecule has 17 heavy (non-hydrogen) atoms. The number of halogens is 2. The van der Waals surface area contributed by atoms with Gasteiger partial charge in [-0.25, -0.2) is 4.98 Å². The number of hydrogen-bond acceptors (Lipinski definition) is 4. The number of aliphatic hydroxyl groups is 1. The second-order valence-corrected chi connectivity index (χ2v) is 5.24. The standard InChI is InChI=1S/C11H17Cl2N3O/c1-6(17)11(2,3)16-10-8(13)5-7(12)9(14-4)15-10/h5-6,17H,1-4H3,(H2,14,15,16). The zero-order valence-corrected chi connectivity index (χ0v) is 11.8. The van der Waals surface area contributed by atoms with Crippen LogP contribution in [0.25, 0.3) is 0 Å². The summed E-state index contributed by atoms with van der Waals surface area (Å²) in [5.74, 6) is 1.03. The van der Waals surface area contributed by atoms with Crippen molar-refractivity contribution in [2.45, 2.75) is 32.4 Å². The van der Waals surface area contributed by atoms with Crippen molar-refractivity contribution in [3.63, 3.8) is 0 Å². The summed E-state index contributed by atoms with van der Waals surface area (Å²) < 4.78 is 0. The molecule has 0 amide bonds. The van der Waals surface area contributed by atoms with Crippen LogP contribution in [0, 0.1) is 0 Å². The van der Waals surface area contributed by atoms with Crippen LogP contribution < -0.4 is 10.6 Å². The van der Waals surface area contributed by atoms with Crippen molar-refractivity contribution in [1.82, 2.24) is 4.98 Å². The molecule has 0 aromatic carbocycles. The average Bonchev–Trinajstić information content (AvgIpc) is 2.21. The highest BCUT2D eigenvalue weighted by molar-refractivity contribution is 6.37. The van der Waals surface area contributed by atoms with Crippen molar-refractivity contribution in [3.05, 3.63) is 16.1 Å². The smallest absolute Gasteiger partial charge is 0.147 e. The third kappa shape index (κ3) is 3.37. The first-order valence-electron chi connectivity index (χ1n) is 5.28. The van der Waals surface area contributed by atoms with Gasteiger partial charge in [-0.15, -0.1) is 0 Å². The Kier molecular flexibility index (Phi) is 4.47. The van der Waals surface area contributed by atoms with Gasteiger partial charge in [0.25, 0.3) is 0 Å². The second kappa shape index (κ2) is 5.29. The molecule has 1 aromatic heterocycles. The average molecular weight is 278 g/mol. The molecule has 0 aliphatic heterocycles. The lowest BCUT2D eigenvalue weighted by atomic mass is 9.99. The number of aromatic nitrogens is 1. The number of rotatable bonds is 4. The van der Waals surface area contributed by atoms with Gasteiger partial charge in [0.1, 0.15) is 11.6 Å². The molecule has 1 rings (SSSR count). The molecule has 1 heterocycles. The molecule has 0 aliphatic carbocycles. The Hall–Kier alpha value is -0.710. The monoisotopic (exact) mass is 277 g/mol. The van der Waals surface area contributed by atoms with Gasteiger partial charge in [-0.1, -0.05) is 23.2 Å². The minimum Gasteiger partial charge on any atom is -0.391 e. The fourth-order valence-corrected chi connectivity index (χ4v) is 1.64. The van der Waals surface area contributed by atoms with E-state index in [2.05, 4.69) is 15.6 Å². The number of nitrogens with one attached hydrogen (secondary N) is 2. The summed E-state index contributed by atoms with van der Waals surface area (Å²) in [6.07, 6.45) is -0.547. The van der Waals surface area contributed by atoms with Crippen LogP contribution in [0.1, 0.15) is 20.8 Å². The predicted molar refractivity (Wildman–Crippen MR) is 73.2 cm³/mol. The number of hydrogen-bond donors (Lipinski definition) is 3. The lowest BCUT2D eigenvalue weighted by molar-refractivity contribution is 0.133. The Morgan fingerprint density at radius 1 is 1.29 bits per heavy atom. The summed E-state index contributed by atoms with van der Waals surface area (Å²) in [7, 11) is 1.73. The summed E-state index contributed by atoms with van der Waals surface area (Å²) in [6.45, 7) is 5.43. The van der Waals surface area contributed by atoms with Gasteiger partial charge in [0.15, 0.2) is 0 Å². The largest absolute Gasteiger partial charge is 0.391 e. The Bertz CT molecular complexity index is 408. The molecular formula is C11H17Cl2N3O. The fraction of sp³-hybridized carbons (Fsp3) is 0.545. The van der Waals surface area contributed by atoms with E-state index in [1.165, 1.54) is 0 Å². The molecule has 3 N–H and O–H groups in total. The summed E-state index contributed by atoms with van der Waals surface area (Å²) in [5.41, 5.74) is -0.532. The topological polar surface area (TPSA) is 57.2 Å². The highest BCUT2D eigenvalue weighted by Gasteiger charge is 2.25. The summed E-state index contributed by atoms with van der Waals surface area (Å²) in [6, 6.07) is 1.61. The lowest BCUT2D eigenvalue weighted by Crippen LogP contribution is -2.42. The predicted octanol–water partition coefficient (Wildman–Crippen LogP) is 3.00. The van der Waals surface area contributed by atoms with E-state index in [4.69, 9.17) is 23.2 Å². The second-order valence-electron chi connectivity index (χ2n) is 4.42. The molecule has 0 radical (unpaired) electrons. The van der Waals surface area contributed by atoms with Gasteiger partial charge in [-0.05, 0) is 26.8 Å². The Morgan fingerprint density at radius 3 is 2.29 bits per heavy atom. The number of aliphatic hydroxyl groups excluding tert-OH is 1. The van der Waals surface area contributed by atoms with Gasteiger partial charge in [0.05, 0.1) is 21.7 Å². The summed E-state index contributed by atoms with van der Waals surface area (Å²) in [4.78, 5) is 4.26. The highest BCUT2D eigenvalue weighted by atomic mass is 35.5. The quantitative estimate of drug-likeness (QED) is 0.792. The maximum atomic E-state index is 9.64. The first kappa shape index (κ1) is 14.4. The first-order valence-corrected chi connectivity index (χ1v) is 6.03. The zero-order valence-electron chi connectivity index (χ0n) is 10.3. The molecule has 0 aliphatic rings. The van der Waals surface area contributed by atoms with Crippen LogP contribution >= 0.6 is 23.2 Å². The van der Waals surface area contributed by atoms with Gasteiger partial charge < -0.3 is 15.7 Å². The molecule has 96 valence electrons. The van der Waals surface area contributed by atoms with Crippen molar-refractivity contribution in [2.75, 3.05) is 17.7 Å². The molecule has 0 spiro atoms. The highest BCUT2D eigenvalue weighted by Crippen LogP contribution is 2.31. The molecule has 0 fully saturated rings. The van der Waals surface area contributed by atoms with Crippen LogP contribution in [0.15, 0.2) is 6.07 Å². The molecule has 1 unspecified atom stereocenters. The van der Waals surface area contributed by atoms with Gasteiger partial charge in [0.2, 0.25) is 0 Å². The summed E-state index contributed by atoms with van der Waals surface area (Å²) in [5, 5.41) is 16.5. The van der Waals surface area contributed by atoms with Gasteiger partial charge in [-0.3, -0.25) is 0 Å². The minimum atomic E-state index is -0.547. The minimum absolute atomic E-state index is 0.419. The number of anilines is 2. The molecule has 1 atom stereocenters. The first-order chi connectivity index (χ1) is 7.77. The van der Waals surface area contributed by atoms with Gasteiger partial charge in [-0.2, -0.15) is 0 Å². The van der Waals surface area contributed by atoms with E-state index in [0.717, 1.165) is 0 Å². The molecule has 0 saturated carbocycles. The van der Waals surface area contributed by atoms with E-state index in [9.17, 15) is 5.11 Å². The third-order valence-electron chi connectivity index (χ3n) is 2.65. The molecule has 0 saturated heterocycles. The maximum Gasteiger partial charge on any atom is 0.147 e. The van der Waals surface area contributed by atoms with E-state index < -0.39 is 11.6 Å². The van der Waals surface area contributed by atoms with Crippen LogP contribution in [-0.4, -0.2) is 28.8 Å². The molecule has 1 aromatic rings. The van der Waals surface area contributed by atoms with Crippen LogP contribution in [-0.2, 0) is 0 Å². The lowest BCUT2D eigenvalue weighted by Gasteiger charge is -2.30. The van der Waals surface area contributed by atoms with Crippen molar-refractivity contribution >= 4 is 34.8 Å². The van der Waals surface area contributed by atoms with E-state index in [-0.39, 0.29) is 0 Å². The molecule has 6 heteroatoms. The van der Waals surface area contributed by atoms with E-state index >= 15 is 0 Å². The summed E-state index contributed by atoms with van der Waals surface area (Å²) >= 11 is 12.0. The van der Waals surface area contributed by atoms with Gasteiger partial charge >= 0.3 is 0 Å². The Morgan fingerprint density at radius 2 is 1.82 bits per heavy atom. The Labute approximate surface area is 111 Å². The fourth-order valence-electron chi connectivity index (χ4n) is 1.14. The van der Waals surface area contributed by atoms with Crippen molar-refractivity contribution < 1.29 is 5.11 Å². The number of nitrogens with zero attached hydrogens (tertiary/aromatic N) is 1. The van der Waals surface area contributed by atoms with Crippen molar-refractivity contribution in [3.8, 4) is 0 Å². The van der Waals surface area contributed by atoms with E-state index in [0.29, 0.717) is 21.7 Å². The van der Waals surface area contributed by atoms with Crippen LogP contribution in [0.3, 0.4) is 0 Å². The van der Waals surface area contributed by atoms with Crippen LogP contribution in [0.5, 0.6) is 0 Å². The van der Waals surface area contributed by atoms with Gasteiger partial charge in [0, 0.05) is 7.05 Å². The Balaban J connectivity index is 3.07. The van der Waals surface area contributed by atoms with E-state index in [1.54, 1.807) is 20.0 Å². The number of pyridine rings is 1. The van der Waals surface area contributed by atoms with E-state index in [1.807, 2.05) is 13.8 Å². The SMILES string of the molecule is CNc1nc(NC(C)(C)C(C)O)c(Cl)cc1Cl. The van der Waals surface area contributed by atoms with Crippen molar-refractivity contribution in [2.24, 2.45) is 0 Å². The maximum absolute atomic E-state index is 9.64. The molecule has 0 bridgehead atoms. The molecular weight excluding hydrogens is 261 g/mol. The normalized spacial score (nSPS) is 13.4. The third-order valence-corrected chi connectivity index (χ3v) is 3.23.